The molecule has 1 amide bonds. The van der Waals surface area contributed by atoms with Gasteiger partial charge < -0.3 is 10.1 Å². The monoisotopic (exact) mass is 448 g/mol. The topological polar surface area (TPSA) is 75.7 Å². The third-order valence-corrected chi connectivity index (χ3v) is 7.96. The molecule has 1 fully saturated rings. The highest BCUT2D eigenvalue weighted by molar-refractivity contribution is 7.89. The highest BCUT2D eigenvalue weighted by Crippen LogP contribution is 2.35. The molecule has 7 heteroatoms. The van der Waals surface area contributed by atoms with Gasteiger partial charge in [0.1, 0.15) is 0 Å². The Balaban J connectivity index is 1.29. The Bertz CT molecular complexity index is 1300. The lowest BCUT2D eigenvalue weighted by molar-refractivity contribution is -0.111. The predicted octanol–water partition coefficient (Wildman–Crippen LogP) is 3.61. The van der Waals surface area contributed by atoms with Gasteiger partial charge in [0.05, 0.1) is 18.1 Å². The molecular formula is C25H24N2O4S. The minimum Gasteiger partial charge on any atom is -0.379 e. The van der Waals surface area contributed by atoms with Crippen molar-refractivity contribution in [1.82, 2.24) is 4.31 Å². The number of rotatable bonds is 5. The molecule has 1 heterocycles. The van der Waals surface area contributed by atoms with E-state index in [1.165, 1.54) is 26.9 Å². The summed E-state index contributed by atoms with van der Waals surface area (Å²) < 4.78 is 32.1. The number of anilines is 1. The van der Waals surface area contributed by atoms with Crippen LogP contribution in [-0.4, -0.2) is 44.9 Å². The molecule has 0 spiro atoms. The van der Waals surface area contributed by atoms with E-state index in [0.717, 1.165) is 29.5 Å². The van der Waals surface area contributed by atoms with Gasteiger partial charge in [0.15, 0.2) is 0 Å². The lowest BCUT2D eigenvalue weighted by atomic mass is 10.0. The first-order valence-corrected chi connectivity index (χ1v) is 12.2. The number of ether oxygens (including phenoxy) is 1. The quantitative estimate of drug-likeness (QED) is 0.605. The number of aryl methyl sites for hydroxylation is 2. The van der Waals surface area contributed by atoms with Gasteiger partial charge in [-0.15, -0.1) is 0 Å². The summed E-state index contributed by atoms with van der Waals surface area (Å²) in [5.41, 5.74) is 4.21. The van der Waals surface area contributed by atoms with Crippen LogP contribution in [0.5, 0.6) is 0 Å². The molecule has 6 nitrogen and oxygen atoms in total. The summed E-state index contributed by atoms with van der Waals surface area (Å²) >= 11 is 0. The van der Waals surface area contributed by atoms with Crippen LogP contribution in [0.25, 0.3) is 16.8 Å². The predicted molar refractivity (Wildman–Crippen MR) is 125 cm³/mol. The molecule has 0 atom stereocenters. The molecule has 164 valence electrons. The largest absolute Gasteiger partial charge is 0.379 e. The Morgan fingerprint density at radius 2 is 1.66 bits per heavy atom. The molecule has 2 aliphatic rings. The SMILES string of the molecule is O=C(/C=C/c1ccc(S(=O)(=O)N2CCOCC2)cc1)Nc1ccc2c3c(cccc13)CC2. The molecule has 0 bridgehead atoms. The summed E-state index contributed by atoms with van der Waals surface area (Å²) in [5.74, 6) is -0.228. The van der Waals surface area contributed by atoms with Crippen LogP contribution in [0.15, 0.2) is 65.6 Å². The fourth-order valence-corrected chi connectivity index (χ4v) is 5.80. The van der Waals surface area contributed by atoms with Crippen LogP contribution in [-0.2, 0) is 32.4 Å². The van der Waals surface area contributed by atoms with Crippen LogP contribution in [0.2, 0.25) is 0 Å². The van der Waals surface area contributed by atoms with Gasteiger partial charge in [-0.3, -0.25) is 4.79 Å². The molecule has 32 heavy (non-hydrogen) atoms. The number of hydrogen-bond donors (Lipinski definition) is 1. The first kappa shape index (κ1) is 20.9. The maximum Gasteiger partial charge on any atom is 0.248 e. The first-order chi connectivity index (χ1) is 15.5. The highest BCUT2D eigenvalue weighted by Gasteiger charge is 2.26. The van der Waals surface area contributed by atoms with Gasteiger partial charge in [-0.25, -0.2) is 8.42 Å². The molecule has 0 aromatic heterocycles. The lowest BCUT2D eigenvalue weighted by Crippen LogP contribution is -2.40. The van der Waals surface area contributed by atoms with E-state index in [9.17, 15) is 13.2 Å². The van der Waals surface area contributed by atoms with Gasteiger partial charge in [-0.1, -0.05) is 36.4 Å². The van der Waals surface area contributed by atoms with E-state index in [1.807, 2.05) is 18.2 Å². The summed E-state index contributed by atoms with van der Waals surface area (Å²) in [4.78, 5) is 12.8. The van der Waals surface area contributed by atoms with E-state index in [0.29, 0.717) is 26.3 Å². The zero-order valence-electron chi connectivity index (χ0n) is 17.6. The lowest BCUT2D eigenvalue weighted by Gasteiger charge is -2.26. The second-order valence-electron chi connectivity index (χ2n) is 8.02. The number of nitrogens with one attached hydrogen (secondary N) is 1. The van der Waals surface area contributed by atoms with Crippen molar-refractivity contribution in [3.05, 3.63) is 77.4 Å². The molecule has 0 radical (unpaired) electrons. The standard InChI is InChI=1S/C25H24N2O4S/c28-24(26-23-12-9-20-8-7-19-2-1-3-22(23)25(19)20)13-6-18-4-10-21(11-5-18)32(29,30)27-14-16-31-17-15-27/h1-6,9-13H,7-8,14-17H2,(H,26,28)/b13-6+. The number of nitrogens with zero attached hydrogens (tertiary/aromatic N) is 1. The minimum atomic E-state index is -3.52. The Kier molecular flexibility index (Phi) is 5.55. The Labute approximate surface area is 187 Å². The van der Waals surface area contributed by atoms with Crippen LogP contribution in [0.1, 0.15) is 16.7 Å². The third-order valence-electron chi connectivity index (χ3n) is 6.05. The molecule has 1 N–H and O–H groups in total. The number of carbonyl (C=O) groups is 1. The number of benzene rings is 3. The highest BCUT2D eigenvalue weighted by atomic mass is 32.2. The maximum absolute atomic E-state index is 12.7. The Hall–Kier alpha value is -3.00. The number of morpholine rings is 1. The van der Waals surface area contributed by atoms with E-state index in [4.69, 9.17) is 4.74 Å². The number of amides is 1. The van der Waals surface area contributed by atoms with E-state index >= 15 is 0 Å². The minimum absolute atomic E-state index is 0.228. The smallest absolute Gasteiger partial charge is 0.248 e. The molecule has 0 unspecified atom stereocenters. The van der Waals surface area contributed by atoms with Crippen molar-refractivity contribution in [2.24, 2.45) is 0 Å². The van der Waals surface area contributed by atoms with Gasteiger partial charge in [0.25, 0.3) is 0 Å². The summed E-state index contributed by atoms with van der Waals surface area (Å²) in [6.07, 6.45) is 5.23. The van der Waals surface area contributed by atoms with Gasteiger partial charge >= 0.3 is 0 Å². The van der Waals surface area contributed by atoms with Gasteiger partial charge in [-0.2, -0.15) is 4.31 Å². The van der Waals surface area contributed by atoms with Crippen LogP contribution in [0, 0.1) is 0 Å². The van der Waals surface area contributed by atoms with Gasteiger partial charge in [0, 0.05) is 30.2 Å². The third kappa shape index (κ3) is 3.95. The Morgan fingerprint density at radius 1 is 0.938 bits per heavy atom. The molecule has 1 aliphatic heterocycles. The van der Waals surface area contributed by atoms with Crippen molar-refractivity contribution in [1.29, 1.82) is 0 Å². The maximum atomic E-state index is 12.7. The normalized spacial score (nSPS) is 16.6. The van der Waals surface area contributed by atoms with Crippen molar-refractivity contribution in [2.45, 2.75) is 17.7 Å². The van der Waals surface area contributed by atoms with Crippen molar-refractivity contribution in [2.75, 3.05) is 31.6 Å². The van der Waals surface area contributed by atoms with Crippen LogP contribution in [0.4, 0.5) is 5.69 Å². The molecule has 3 aromatic rings. The second-order valence-corrected chi connectivity index (χ2v) is 9.96. The van der Waals surface area contributed by atoms with Crippen LogP contribution >= 0.6 is 0 Å². The fourth-order valence-electron chi connectivity index (χ4n) is 4.39. The second kappa shape index (κ2) is 8.50. The molecule has 0 saturated carbocycles. The number of carbonyl (C=O) groups excluding carboxylic acids is 1. The van der Waals surface area contributed by atoms with Crippen molar-refractivity contribution in [3.63, 3.8) is 0 Å². The summed E-state index contributed by atoms with van der Waals surface area (Å²) in [6.45, 7) is 1.55. The Morgan fingerprint density at radius 3 is 2.41 bits per heavy atom. The van der Waals surface area contributed by atoms with Crippen LogP contribution in [0.3, 0.4) is 0 Å². The van der Waals surface area contributed by atoms with Gasteiger partial charge in [0.2, 0.25) is 15.9 Å². The van der Waals surface area contributed by atoms with Crippen molar-refractivity contribution < 1.29 is 17.9 Å². The summed E-state index contributed by atoms with van der Waals surface area (Å²) in [5, 5.41) is 5.30. The van der Waals surface area contributed by atoms with E-state index in [1.54, 1.807) is 30.3 Å². The summed E-state index contributed by atoms with van der Waals surface area (Å²) in [7, 11) is -3.52. The van der Waals surface area contributed by atoms with E-state index in [-0.39, 0.29) is 10.8 Å². The average Bonchev–Trinajstić information content (AvgIpc) is 3.25. The summed E-state index contributed by atoms with van der Waals surface area (Å²) in [6, 6.07) is 16.8. The van der Waals surface area contributed by atoms with E-state index in [2.05, 4.69) is 17.4 Å². The van der Waals surface area contributed by atoms with Crippen molar-refractivity contribution in [3.8, 4) is 0 Å². The van der Waals surface area contributed by atoms with E-state index < -0.39 is 10.0 Å². The molecule has 1 aliphatic carbocycles. The van der Waals surface area contributed by atoms with Gasteiger partial charge in [-0.05, 0) is 59.2 Å². The molecule has 1 saturated heterocycles. The average molecular weight is 449 g/mol. The molecule has 5 rings (SSSR count). The zero-order valence-corrected chi connectivity index (χ0v) is 18.4. The molecule has 3 aromatic carbocycles. The molecular weight excluding hydrogens is 424 g/mol. The van der Waals surface area contributed by atoms with Crippen LogP contribution < -0.4 is 5.32 Å². The number of sulfonamides is 1. The van der Waals surface area contributed by atoms with Crippen molar-refractivity contribution >= 4 is 38.5 Å². The fraction of sp³-hybridized carbons (Fsp3) is 0.240. The first-order valence-electron chi connectivity index (χ1n) is 10.7. The number of hydrogen-bond acceptors (Lipinski definition) is 4. The zero-order chi connectivity index (χ0) is 22.1.